The summed E-state index contributed by atoms with van der Waals surface area (Å²) in [6.45, 7) is 6.84. The number of rotatable bonds is 9. The standard InChI is InChI=1S/C15H29N/c1-5-6-10-14(2)11-8-7-9-12-15(3)13-16-4/h7-8,13-15H,5-6,9-12H2,1-4H3/b8-7+,16-13?/t14-,15-/m0/s1. The maximum atomic E-state index is 4.05. The van der Waals surface area contributed by atoms with Gasteiger partial charge in [-0.05, 0) is 31.1 Å². The van der Waals surface area contributed by atoms with E-state index in [4.69, 9.17) is 0 Å². The average Bonchev–Trinajstić information content (AvgIpc) is 2.26. The molecule has 0 aromatic heterocycles. The van der Waals surface area contributed by atoms with Gasteiger partial charge >= 0.3 is 0 Å². The van der Waals surface area contributed by atoms with E-state index in [1.165, 1.54) is 38.5 Å². The van der Waals surface area contributed by atoms with E-state index in [-0.39, 0.29) is 0 Å². The van der Waals surface area contributed by atoms with Gasteiger partial charge in [-0.3, -0.25) is 0 Å². The highest BCUT2D eigenvalue weighted by molar-refractivity contribution is 5.59. The summed E-state index contributed by atoms with van der Waals surface area (Å²) in [6, 6.07) is 0. The molecule has 0 saturated carbocycles. The van der Waals surface area contributed by atoms with Crippen molar-refractivity contribution in [1.82, 2.24) is 0 Å². The Balaban J connectivity index is 3.46. The lowest BCUT2D eigenvalue weighted by atomic mass is 10.00. The molecule has 0 aromatic rings. The van der Waals surface area contributed by atoms with Crippen LogP contribution in [0.25, 0.3) is 0 Å². The quantitative estimate of drug-likeness (QED) is 0.390. The van der Waals surface area contributed by atoms with Crippen LogP contribution in [-0.4, -0.2) is 13.3 Å². The van der Waals surface area contributed by atoms with E-state index < -0.39 is 0 Å². The summed E-state index contributed by atoms with van der Waals surface area (Å²) in [6.07, 6.45) is 14.5. The van der Waals surface area contributed by atoms with E-state index in [0.717, 1.165) is 5.92 Å². The highest BCUT2D eigenvalue weighted by Crippen LogP contribution is 2.13. The van der Waals surface area contributed by atoms with Crippen molar-refractivity contribution in [2.45, 2.75) is 59.3 Å². The van der Waals surface area contributed by atoms with Gasteiger partial charge in [0.25, 0.3) is 0 Å². The largest absolute Gasteiger partial charge is 0.301 e. The molecule has 0 aliphatic heterocycles. The molecule has 0 unspecified atom stereocenters. The molecule has 0 N–H and O–H groups in total. The molecule has 0 aliphatic rings. The second kappa shape index (κ2) is 10.9. The summed E-state index contributed by atoms with van der Waals surface area (Å²) in [4.78, 5) is 4.05. The first-order valence-corrected chi connectivity index (χ1v) is 6.78. The van der Waals surface area contributed by atoms with E-state index >= 15 is 0 Å². The molecule has 0 saturated heterocycles. The zero-order valence-corrected chi connectivity index (χ0v) is 11.6. The monoisotopic (exact) mass is 223 g/mol. The van der Waals surface area contributed by atoms with Crippen molar-refractivity contribution in [3.8, 4) is 0 Å². The van der Waals surface area contributed by atoms with Gasteiger partial charge in [-0.2, -0.15) is 0 Å². The fourth-order valence-corrected chi connectivity index (χ4v) is 1.80. The van der Waals surface area contributed by atoms with Crippen molar-refractivity contribution < 1.29 is 0 Å². The second-order valence-electron chi connectivity index (χ2n) is 4.92. The number of hydrogen-bond donors (Lipinski definition) is 0. The summed E-state index contributed by atoms with van der Waals surface area (Å²) < 4.78 is 0. The van der Waals surface area contributed by atoms with Crippen molar-refractivity contribution in [3.05, 3.63) is 12.2 Å². The molecule has 2 atom stereocenters. The Labute approximate surface area is 102 Å². The van der Waals surface area contributed by atoms with Gasteiger partial charge in [-0.15, -0.1) is 0 Å². The van der Waals surface area contributed by atoms with Crippen LogP contribution < -0.4 is 0 Å². The van der Waals surface area contributed by atoms with Crippen molar-refractivity contribution in [2.75, 3.05) is 7.05 Å². The molecule has 94 valence electrons. The second-order valence-corrected chi connectivity index (χ2v) is 4.92. The Hall–Kier alpha value is -0.590. The van der Waals surface area contributed by atoms with Crippen molar-refractivity contribution in [3.63, 3.8) is 0 Å². The number of allylic oxidation sites excluding steroid dienone is 2. The Bertz CT molecular complexity index is 194. The Morgan fingerprint density at radius 1 is 1.12 bits per heavy atom. The minimum Gasteiger partial charge on any atom is -0.301 e. The summed E-state index contributed by atoms with van der Waals surface area (Å²) in [5.41, 5.74) is 0. The molecule has 0 spiro atoms. The van der Waals surface area contributed by atoms with E-state index in [1.807, 2.05) is 13.3 Å². The first-order valence-electron chi connectivity index (χ1n) is 6.78. The molecule has 0 heterocycles. The third-order valence-electron chi connectivity index (χ3n) is 2.95. The Morgan fingerprint density at radius 2 is 1.88 bits per heavy atom. The van der Waals surface area contributed by atoms with Crippen LogP contribution in [0.4, 0.5) is 0 Å². The number of aliphatic imine (C=N–C) groups is 1. The topological polar surface area (TPSA) is 12.4 Å². The maximum Gasteiger partial charge on any atom is 0.0273 e. The van der Waals surface area contributed by atoms with Crippen LogP contribution in [0.3, 0.4) is 0 Å². The van der Waals surface area contributed by atoms with Crippen molar-refractivity contribution >= 4 is 6.21 Å². The lowest BCUT2D eigenvalue weighted by Crippen LogP contribution is -1.94. The number of hydrogen-bond acceptors (Lipinski definition) is 1. The first kappa shape index (κ1) is 15.4. The molecule has 16 heavy (non-hydrogen) atoms. The van der Waals surface area contributed by atoms with Crippen LogP contribution in [0, 0.1) is 11.8 Å². The molecular weight excluding hydrogens is 194 g/mol. The van der Waals surface area contributed by atoms with Crippen LogP contribution in [0.1, 0.15) is 59.3 Å². The average molecular weight is 223 g/mol. The van der Waals surface area contributed by atoms with Crippen LogP contribution in [0.5, 0.6) is 0 Å². The fraction of sp³-hybridized carbons (Fsp3) is 0.800. The van der Waals surface area contributed by atoms with Crippen LogP contribution in [-0.2, 0) is 0 Å². The Kier molecular flexibility index (Phi) is 10.5. The summed E-state index contributed by atoms with van der Waals surface area (Å²) in [7, 11) is 1.85. The van der Waals surface area contributed by atoms with Gasteiger partial charge in [0.1, 0.15) is 0 Å². The molecular formula is C15H29N. The molecule has 0 rings (SSSR count). The smallest absolute Gasteiger partial charge is 0.0273 e. The van der Waals surface area contributed by atoms with Crippen molar-refractivity contribution in [1.29, 1.82) is 0 Å². The normalized spacial score (nSPS) is 16.0. The zero-order valence-electron chi connectivity index (χ0n) is 11.6. The minimum absolute atomic E-state index is 0.618. The van der Waals surface area contributed by atoms with Crippen molar-refractivity contribution in [2.24, 2.45) is 16.8 Å². The molecule has 0 amide bonds. The third-order valence-corrected chi connectivity index (χ3v) is 2.95. The molecule has 1 nitrogen and oxygen atoms in total. The summed E-state index contributed by atoms with van der Waals surface area (Å²) in [5, 5.41) is 0. The molecule has 0 aromatic carbocycles. The molecule has 0 fully saturated rings. The lowest BCUT2D eigenvalue weighted by Gasteiger charge is -2.06. The predicted octanol–water partition coefficient (Wildman–Crippen LogP) is 4.88. The number of nitrogens with zero attached hydrogens (tertiary/aromatic N) is 1. The van der Waals surface area contributed by atoms with Gasteiger partial charge < -0.3 is 4.99 Å². The SMILES string of the molecule is CCCC[C@H](C)C/C=C/CC[C@H](C)C=NC. The van der Waals surface area contributed by atoms with E-state index in [9.17, 15) is 0 Å². The van der Waals surface area contributed by atoms with E-state index in [2.05, 4.69) is 37.9 Å². The van der Waals surface area contributed by atoms with Gasteiger partial charge in [0.05, 0.1) is 0 Å². The predicted molar refractivity (Wildman–Crippen MR) is 75.3 cm³/mol. The summed E-state index contributed by atoms with van der Waals surface area (Å²) in [5.74, 6) is 1.47. The third kappa shape index (κ3) is 9.95. The van der Waals surface area contributed by atoms with Crippen LogP contribution in [0.2, 0.25) is 0 Å². The Morgan fingerprint density at radius 3 is 2.50 bits per heavy atom. The van der Waals surface area contributed by atoms with Gasteiger partial charge in [0.2, 0.25) is 0 Å². The molecule has 0 radical (unpaired) electrons. The van der Waals surface area contributed by atoms with Gasteiger partial charge in [-0.1, -0.05) is 52.2 Å². The fourth-order valence-electron chi connectivity index (χ4n) is 1.80. The van der Waals surface area contributed by atoms with Gasteiger partial charge in [-0.25, -0.2) is 0 Å². The van der Waals surface area contributed by atoms with Crippen LogP contribution >= 0.6 is 0 Å². The number of unbranched alkanes of at least 4 members (excludes halogenated alkanes) is 1. The lowest BCUT2D eigenvalue weighted by molar-refractivity contribution is 0.511. The highest BCUT2D eigenvalue weighted by Gasteiger charge is 1.98. The van der Waals surface area contributed by atoms with Gasteiger partial charge in [0.15, 0.2) is 0 Å². The van der Waals surface area contributed by atoms with Crippen LogP contribution in [0.15, 0.2) is 17.1 Å². The molecule has 0 bridgehead atoms. The van der Waals surface area contributed by atoms with Gasteiger partial charge in [0, 0.05) is 13.3 Å². The minimum atomic E-state index is 0.618. The first-order chi connectivity index (χ1) is 7.70. The van der Waals surface area contributed by atoms with E-state index in [1.54, 1.807) is 0 Å². The summed E-state index contributed by atoms with van der Waals surface area (Å²) >= 11 is 0. The zero-order chi connectivity index (χ0) is 12.2. The molecule has 1 heteroatoms. The maximum absolute atomic E-state index is 4.05. The van der Waals surface area contributed by atoms with E-state index in [0.29, 0.717) is 5.92 Å². The highest BCUT2D eigenvalue weighted by atomic mass is 14.6. The molecule has 0 aliphatic carbocycles.